The summed E-state index contributed by atoms with van der Waals surface area (Å²) in [6.07, 6.45) is 29.5. The number of ether oxygens (including phenoxy) is 2. The molecule has 1 heterocycles. The summed E-state index contributed by atoms with van der Waals surface area (Å²) in [7, 11) is 0. The van der Waals surface area contributed by atoms with Crippen LogP contribution < -0.4 is 5.32 Å². The van der Waals surface area contributed by atoms with Crippen LogP contribution in [0.4, 0.5) is 0 Å². The first-order valence-electron chi connectivity index (χ1n) is 23.7. The van der Waals surface area contributed by atoms with Gasteiger partial charge in [0.1, 0.15) is 36.6 Å². The molecule has 8 N–H and O–H groups in total. The Hall–Kier alpha value is -1.41. The van der Waals surface area contributed by atoms with Gasteiger partial charge in [-0.3, -0.25) is 4.79 Å². The zero-order valence-electron chi connectivity index (χ0n) is 36.8. The van der Waals surface area contributed by atoms with Gasteiger partial charge in [-0.05, 0) is 51.4 Å². The molecule has 0 aromatic rings. The van der Waals surface area contributed by atoms with Crippen LogP contribution in [0.15, 0.2) is 24.3 Å². The van der Waals surface area contributed by atoms with E-state index in [1.807, 2.05) is 0 Å². The molecule has 11 nitrogen and oxygen atoms in total. The Bertz CT molecular complexity index is 997. The summed E-state index contributed by atoms with van der Waals surface area (Å²) in [6.45, 7) is 3.39. The highest BCUT2D eigenvalue weighted by atomic mass is 16.7. The lowest BCUT2D eigenvalue weighted by atomic mass is 9.98. The van der Waals surface area contributed by atoms with Gasteiger partial charge in [0.2, 0.25) is 5.91 Å². The Kier molecular flexibility index (Phi) is 35.2. The van der Waals surface area contributed by atoms with Gasteiger partial charge in [0.05, 0.1) is 25.4 Å². The number of hydrogen-bond acceptors (Lipinski definition) is 10. The molecule has 0 saturated carbocycles. The van der Waals surface area contributed by atoms with Crippen molar-refractivity contribution < 1.29 is 50.0 Å². The van der Waals surface area contributed by atoms with Gasteiger partial charge >= 0.3 is 0 Å². The van der Waals surface area contributed by atoms with E-state index in [4.69, 9.17) is 9.47 Å². The lowest BCUT2D eigenvalue weighted by molar-refractivity contribution is -0.303. The molecule has 1 fully saturated rings. The van der Waals surface area contributed by atoms with Gasteiger partial charge in [-0.1, -0.05) is 173 Å². The predicted molar refractivity (Wildman–Crippen MR) is 233 cm³/mol. The van der Waals surface area contributed by atoms with Crippen LogP contribution in [-0.4, -0.2) is 110 Å². The quantitative estimate of drug-likeness (QED) is 0.0224. The highest BCUT2D eigenvalue weighted by Crippen LogP contribution is 2.23. The van der Waals surface area contributed by atoms with E-state index < -0.39 is 74.2 Å². The minimum absolute atomic E-state index is 0.247. The summed E-state index contributed by atoms with van der Waals surface area (Å²) < 4.78 is 11.1. The van der Waals surface area contributed by atoms with Crippen molar-refractivity contribution in [2.45, 2.75) is 255 Å². The highest BCUT2D eigenvalue weighted by molar-refractivity contribution is 5.80. The predicted octanol–water partition coefficient (Wildman–Crippen LogP) is 7.84. The molecule has 1 saturated heterocycles. The average Bonchev–Trinajstić information content (AvgIpc) is 3.22. The van der Waals surface area contributed by atoms with Gasteiger partial charge in [-0.2, -0.15) is 0 Å². The molecule has 0 aromatic carbocycles. The van der Waals surface area contributed by atoms with Gasteiger partial charge in [0.15, 0.2) is 6.29 Å². The average molecular weight is 828 g/mol. The third kappa shape index (κ3) is 26.7. The summed E-state index contributed by atoms with van der Waals surface area (Å²) in [4.78, 5) is 13.1. The zero-order valence-corrected chi connectivity index (χ0v) is 36.8. The van der Waals surface area contributed by atoms with Crippen LogP contribution in [0.1, 0.15) is 200 Å². The van der Waals surface area contributed by atoms with Crippen LogP contribution in [-0.2, 0) is 14.3 Å². The van der Waals surface area contributed by atoms with Crippen LogP contribution in [0.5, 0.6) is 0 Å². The third-order valence-electron chi connectivity index (χ3n) is 11.5. The molecule has 9 atom stereocenters. The second kappa shape index (κ2) is 37.4. The molecule has 1 amide bonds. The number of rotatable bonds is 39. The zero-order chi connectivity index (χ0) is 42.6. The lowest BCUT2D eigenvalue weighted by Gasteiger charge is -2.40. The molecular weight excluding hydrogens is 739 g/mol. The van der Waals surface area contributed by atoms with Crippen molar-refractivity contribution in [2.24, 2.45) is 0 Å². The molecule has 0 spiro atoms. The standard InChI is InChI=1S/C47H89NO10/c1-3-5-7-9-11-13-15-17-18-19-20-21-22-23-25-27-29-31-33-35-40(51)46(56)48-38(37-57-47-45(55)44(54)43(53)41(36-49)58-47)42(52)39(50)34-32-30-28-26-24-16-14-12-10-8-6-4-2/h12,14,26,28,38-45,47,49-55H,3-11,13,15-25,27,29-37H2,1-2H3,(H,48,56)/b14-12+,28-26+. The van der Waals surface area contributed by atoms with E-state index in [1.165, 1.54) is 116 Å². The lowest BCUT2D eigenvalue weighted by Crippen LogP contribution is -2.60. The summed E-state index contributed by atoms with van der Waals surface area (Å²) in [5.74, 6) is -0.710. The van der Waals surface area contributed by atoms with Gasteiger partial charge in [-0.25, -0.2) is 0 Å². The Balaban J connectivity index is 2.43. The van der Waals surface area contributed by atoms with Crippen molar-refractivity contribution in [3.05, 3.63) is 24.3 Å². The molecule has 1 aliphatic rings. The van der Waals surface area contributed by atoms with E-state index in [1.54, 1.807) is 0 Å². The van der Waals surface area contributed by atoms with Crippen LogP contribution in [0.2, 0.25) is 0 Å². The minimum Gasteiger partial charge on any atom is -0.394 e. The maximum atomic E-state index is 13.1. The fraction of sp³-hybridized carbons (Fsp3) is 0.894. The van der Waals surface area contributed by atoms with E-state index in [0.717, 1.165) is 38.5 Å². The Labute approximate surface area is 353 Å². The SMILES string of the molecule is CCCCC/C=C/CC/C=C/CCCC(O)C(O)C(COC1OC(CO)C(O)C(O)C1O)NC(=O)C(O)CCCCCCCCCCCCCCCCCCCCC. The number of nitrogens with one attached hydrogen (secondary N) is 1. The largest absolute Gasteiger partial charge is 0.394 e. The number of carbonyl (C=O) groups is 1. The second-order valence-electron chi connectivity index (χ2n) is 16.8. The third-order valence-corrected chi connectivity index (χ3v) is 11.5. The summed E-state index contributed by atoms with van der Waals surface area (Å²) in [6, 6.07) is -1.19. The first-order chi connectivity index (χ1) is 28.2. The van der Waals surface area contributed by atoms with Crippen molar-refractivity contribution in [1.29, 1.82) is 0 Å². The number of amides is 1. The van der Waals surface area contributed by atoms with Crippen LogP contribution >= 0.6 is 0 Å². The van der Waals surface area contributed by atoms with Gasteiger partial charge in [0, 0.05) is 0 Å². The van der Waals surface area contributed by atoms with Crippen molar-refractivity contribution >= 4 is 5.91 Å². The summed E-state index contributed by atoms with van der Waals surface area (Å²) >= 11 is 0. The van der Waals surface area contributed by atoms with Gasteiger partial charge in [0.25, 0.3) is 0 Å². The molecule has 58 heavy (non-hydrogen) atoms. The van der Waals surface area contributed by atoms with E-state index in [2.05, 4.69) is 43.5 Å². The number of hydrogen-bond donors (Lipinski definition) is 8. The van der Waals surface area contributed by atoms with Crippen LogP contribution in [0.25, 0.3) is 0 Å². The molecule has 11 heteroatoms. The van der Waals surface area contributed by atoms with Gasteiger partial charge < -0.3 is 50.5 Å². The highest BCUT2D eigenvalue weighted by Gasteiger charge is 2.44. The maximum Gasteiger partial charge on any atom is 0.249 e. The van der Waals surface area contributed by atoms with Crippen LogP contribution in [0, 0.1) is 0 Å². The molecule has 1 aliphatic heterocycles. The second-order valence-corrected chi connectivity index (χ2v) is 16.8. The van der Waals surface area contributed by atoms with Crippen molar-refractivity contribution in [1.82, 2.24) is 5.32 Å². The summed E-state index contributed by atoms with van der Waals surface area (Å²) in [5.41, 5.74) is 0. The Morgan fingerprint density at radius 3 is 1.53 bits per heavy atom. The molecule has 0 aliphatic carbocycles. The van der Waals surface area contributed by atoms with Gasteiger partial charge in [-0.15, -0.1) is 0 Å². The Morgan fingerprint density at radius 2 is 1.03 bits per heavy atom. The monoisotopic (exact) mass is 828 g/mol. The fourth-order valence-corrected chi connectivity index (χ4v) is 7.52. The summed E-state index contributed by atoms with van der Waals surface area (Å²) in [5, 5.41) is 75.6. The molecular formula is C47H89NO10. The number of aliphatic hydroxyl groups excluding tert-OH is 7. The number of aliphatic hydroxyl groups is 7. The van der Waals surface area contributed by atoms with E-state index in [0.29, 0.717) is 19.3 Å². The molecule has 342 valence electrons. The first-order valence-corrected chi connectivity index (χ1v) is 23.7. The van der Waals surface area contributed by atoms with Crippen LogP contribution in [0.3, 0.4) is 0 Å². The normalized spacial score (nSPS) is 22.1. The smallest absolute Gasteiger partial charge is 0.249 e. The topological polar surface area (TPSA) is 189 Å². The van der Waals surface area contributed by atoms with E-state index in [-0.39, 0.29) is 12.8 Å². The van der Waals surface area contributed by atoms with E-state index >= 15 is 0 Å². The fourth-order valence-electron chi connectivity index (χ4n) is 7.52. The van der Waals surface area contributed by atoms with Crippen molar-refractivity contribution in [3.63, 3.8) is 0 Å². The Morgan fingerprint density at radius 1 is 0.586 bits per heavy atom. The molecule has 0 aromatic heterocycles. The molecule has 0 radical (unpaired) electrons. The van der Waals surface area contributed by atoms with E-state index in [9.17, 15) is 40.5 Å². The molecule has 1 rings (SSSR count). The number of unbranched alkanes of at least 4 members (excludes halogenated alkanes) is 23. The number of allylic oxidation sites excluding steroid dienone is 4. The maximum absolute atomic E-state index is 13.1. The number of carbonyl (C=O) groups excluding carboxylic acids is 1. The van der Waals surface area contributed by atoms with Crippen molar-refractivity contribution in [3.8, 4) is 0 Å². The van der Waals surface area contributed by atoms with Crippen molar-refractivity contribution in [2.75, 3.05) is 13.2 Å². The first kappa shape index (κ1) is 54.6. The minimum atomic E-state index is -1.67. The molecule has 0 bridgehead atoms. The molecule has 9 unspecified atom stereocenters.